The molecule has 0 radical (unpaired) electrons. The summed E-state index contributed by atoms with van der Waals surface area (Å²) in [6.45, 7) is 3.80. The normalized spacial score (nSPS) is 14.9. The van der Waals surface area contributed by atoms with Crippen LogP contribution < -0.4 is 5.32 Å². The first-order chi connectivity index (χ1) is 10.4. The lowest BCUT2D eigenvalue weighted by Crippen LogP contribution is -2.36. The molecule has 0 bridgehead atoms. The van der Waals surface area contributed by atoms with Crippen LogP contribution in [0.1, 0.15) is 25.5 Å². The fourth-order valence-corrected chi connectivity index (χ4v) is 3.52. The number of aliphatic hydroxyl groups excluding tert-OH is 1. The van der Waals surface area contributed by atoms with Crippen LogP contribution in [0.3, 0.4) is 0 Å². The van der Waals surface area contributed by atoms with Crippen molar-refractivity contribution in [2.75, 3.05) is 18.1 Å². The maximum atomic E-state index is 11.6. The Hall–Kier alpha value is -1.43. The standard InChI is InChI=1S/C17H23NO3S/c1-3-22(20,21)12-13(2)18-11-17(19)16-9-8-14-6-4-5-7-15(14)10-16/h4-10,13,17-19H,3,11-12H2,1-2H3. The van der Waals surface area contributed by atoms with E-state index in [1.165, 1.54) is 0 Å². The van der Waals surface area contributed by atoms with Gasteiger partial charge in [-0.3, -0.25) is 0 Å². The Morgan fingerprint density at radius 2 is 1.82 bits per heavy atom. The first-order valence-corrected chi connectivity index (χ1v) is 9.34. The molecule has 0 heterocycles. The summed E-state index contributed by atoms with van der Waals surface area (Å²) in [5, 5.41) is 15.6. The van der Waals surface area contributed by atoms with Gasteiger partial charge in [-0.25, -0.2) is 8.42 Å². The summed E-state index contributed by atoms with van der Waals surface area (Å²) in [6, 6.07) is 13.7. The van der Waals surface area contributed by atoms with Crippen LogP contribution in [-0.2, 0) is 9.84 Å². The van der Waals surface area contributed by atoms with E-state index in [0.29, 0.717) is 6.54 Å². The van der Waals surface area contributed by atoms with Crippen molar-refractivity contribution in [3.8, 4) is 0 Å². The second-order valence-electron chi connectivity index (χ2n) is 5.63. The molecule has 0 saturated carbocycles. The number of nitrogens with one attached hydrogen (secondary N) is 1. The topological polar surface area (TPSA) is 66.4 Å². The molecule has 0 amide bonds. The minimum atomic E-state index is -3.00. The van der Waals surface area contributed by atoms with Gasteiger partial charge in [-0.15, -0.1) is 0 Å². The lowest BCUT2D eigenvalue weighted by atomic mass is 10.0. The zero-order chi connectivity index (χ0) is 16.2. The molecule has 2 N–H and O–H groups in total. The number of aliphatic hydroxyl groups is 1. The van der Waals surface area contributed by atoms with Crippen LogP contribution in [0.5, 0.6) is 0 Å². The number of sulfone groups is 1. The Labute approximate surface area is 132 Å². The van der Waals surface area contributed by atoms with Crippen molar-refractivity contribution < 1.29 is 13.5 Å². The van der Waals surface area contributed by atoms with Crippen molar-refractivity contribution in [2.45, 2.75) is 26.0 Å². The predicted molar refractivity (Wildman–Crippen MR) is 90.7 cm³/mol. The monoisotopic (exact) mass is 321 g/mol. The molecule has 0 aromatic heterocycles. The zero-order valence-corrected chi connectivity index (χ0v) is 13.8. The minimum Gasteiger partial charge on any atom is -0.387 e. The molecule has 2 rings (SSSR count). The molecule has 22 heavy (non-hydrogen) atoms. The fourth-order valence-electron chi connectivity index (χ4n) is 2.40. The molecule has 0 aliphatic rings. The Bertz CT molecular complexity index is 728. The average molecular weight is 321 g/mol. The molecule has 2 aromatic rings. The van der Waals surface area contributed by atoms with E-state index in [4.69, 9.17) is 0 Å². The van der Waals surface area contributed by atoms with Gasteiger partial charge in [0.05, 0.1) is 11.9 Å². The number of fused-ring (bicyclic) bond motifs is 1. The highest BCUT2D eigenvalue weighted by molar-refractivity contribution is 7.91. The molecular formula is C17H23NO3S. The Balaban J connectivity index is 1.97. The summed E-state index contributed by atoms with van der Waals surface area (Å²) in [5.74, 6) is 0.236. The van der Waals surface area contributed by atoms with Crippen LogP contribution in [0.2, 0.25) is 0 Å². The molecule has 5 heteroatoms. The minimum absolute atomic E-state index is 0.0912. The maximum absolute atomic E-state index is 11.6. The van der Waals surface area contributed by atoms with Crippen molar-refractivity contribution in [1.82, 2.24) is 5.32 Å². The van der Waals surface area contributed by atoms with Gasteiger partial charge < -0.3 is 10.4 Å². The molecule has 2 aromatic carbocycles. The molecule has 120 valence electrons. The fraction of sp³-hybridized carbons (Fsp3) is 0.412. The molecule has 0 fully saturated rings. The van der Waals surface area contributed by atoms with Gasteiger partial charge in [0.25, 0.3) is 0 Å². The molecule has 2 atom stereocenters. The third-order valence-electron chi connectivity index (χ3n) is 3.76. The zero-order valence-electron chi connectivity index (χ0n) is 13.0. The van der Waals surface area contributed by atoms with E-state index in [1.807, 2.05) is 49.4 Å². The third kappa shape index (κ3) is 4.53. The smallest absolute Gasteiger partial charge is 0.151 e. The maximum Gasteiger partial charge on any atom is 0.151 e. The highest BCUT2D eigenvalue weighted by atomic mass is 32.2. The van der Waals surface area contributed by atoms with E-state index in [0.717, 1.165) is 16.3 Å². The van der Waals surface area contributed by atoms with Crippen molar-refractivity contribution >= 4 is 20.6 Å². The summed E-state index contributed by atoms with van der Waals surface area (Å²) < 4.78 is 23.1. The van der Waals surface area contributed by atoms with Crippen LogP contribution in [0.15, 0.2) is 42.5 Å². The first kappa shape index (κ1) is 16.9. The van der Waals surface area contributed by atoms with Gasteiger partial charge in [-0.05, 0) is 29.3 Å². The van der Waals surface area contributed by atoms with Gasteiger partial charge in [0.1, 0.15) is 0 Å². The number of hydrogen-bond donors (Lipinski definition) is 2. The highest BCUT2D eigenvalue weighted by Crippen LogP contribution is 2.20. The Kier molecular flexibility index (Phi) is 5.56. The second kappa shape index (κ2) is 7.22. The van der Waals surface area contributed by atoms with Gasteiger partial charge in [0.15, 0.2) is 9.84 Å². The van der Waals surface area contributed by atoms with Crippen molar-refractivity contribution in [2.24, 2.45) is 0 Å². The Morgan fingerprint density at radius 1 is 1.14 bits per heavy atom. The summed E-state index contributed by atoms with van der Waals surface area (Å²) in [7, 11) is -3.00. The van der Waals surface area contributed by atoms with Crippen LogP contribution in [0.4, 0.5) is 0 Å². The average Bonchev–Trinajstić information content (AvgIpc) is 2.51. The second-order valence-corrected chi connectivity index (χ2v) is 8.03. The summed E-state index contributed by atoms with van der Waals surface area (Å²) in [6.07, 6.45) is -0.656. The largest absolute Gasteiger partial charge is 0.387 e. The number of benzene rings is 2. The van der Waals surface area contributed by atoms with E-state index in [9.17, 15) is 13.5 Å². The van der Waals surface area contributed by atoms with Gasteiger partial charge in [0, 0.05) is 18.3 Å². The molecule has 4 nitrogen and oxygen atoms in total. The summed E-state index contributed by atoms with van der Waals surface area (Å²) in [4.78, 5) is 0. The third-order valence-corrected chi connectivity index (χ3v) is 5.65. The van der Waals surface area contributed by atoms with E-state index >= 15 is 0 Å². The molecule has 0 spiro atoms. The summed E-state index contributed by atoms with van der Waals surface area (Å²) in [5.41, 5.74) is 0.830. The van der Waals surface area contributed by atoms with E-state index < -0.39 is 15.9 Å². The quantitative estimate of drug-likeness (QED) is 0.821. The summed E-state index contributed by atoms with van der Waals surface area (Å²) >= 11 is 0. The molecular weight excluding hydrogens is 298 g/mol. The molecule has 2 unspecified atom stereocenters. The SMILES string of the molecule is CCS(=O)(=O)CC(C)NCC(O)c1ccc2ccccc2c1. The van der Waals surface area contributed by atoms with Gasteiger partial charge in [0.2, 0.25) is 0 Å². The van der Waals surface area contributed by atoms with Crippen LogP contribution >= 0.6 is 0 Å². The van der Waals surface area contributed by atoms with E-state index in [-0.39, 0.29) is 17.5 Å². The van der Waals surface area contributed by atoms with Gasteiger partial charge in [-0.1, -0.05) is 43.3 Å². The van der Waals surface area contributed by atoms with Crippen LogP contribution in [-0.4, -0.2) is 37.6 Å². The predicted octanol–water partition coefficient (Wildman–Crippen LogP) is 2.29. The number of rotatable bonds is 7. The highest BCUT2D eigenvalue weighted by Gasteiger charge is 2.15. The van der Waals surface area contributed by atoms with Gasteiger partial charge in [-0.2, -0.15) is 0 Å². The van der Waals surface area contributed by atoms with Crippen LogP contribution in [0.25, 0.3) is 10.8 Å². The lowest BCUT2D eigenvalue weighted by Gasteiger charge is -2.17. The molecule has 0 aliphatic carbocycles. The van der Waals surface area contributed by atoms with E-state index in [2.05, 4.69) is 5.32 Å². The molecule has 0 aliphatic heterocycles. The molecule has 0 saturated heterocycles. The number of hydrogen-bond acceptors (Lipinski definition) is 4. The first-order valence-electron chi connectivity index (χ1n) is 7.52. The van der Waals surface area contributed by atoms with Gasteiger partial charge >= 0.3 is 0 Å². The van der Waals surface area contributed by atoms with Crippen molar-refractivity contribution in [1.29, 1.82) is 0 Å². The van der Waals surface area contributed by atoms with Crippen LogP contribution in [0, 0.1) is 0 Å². The van der Waals surface area contributed by atoms with Crippen molar-refractivity contribution in [3.05, 3.63) is 48.0 Å². The van der Waals surface area contributed by atoms with Crippen molar-refractivity contribution in [3.63, 3.8) is 0 Å². The Morgan fingerprint density at radius 3 is 2.50 bits per heavy atom. The van der Waals surface area contributed by atoms with E-state index in [1.54, 1.807) is 6.92 Å². The lowest BCUT2D eigenvalue weighted by molar-refractivity contribution is 0.172.